The molecule has 25 heavy (non-hydrogen) atoms. The first-order valence-corrected chi connectivity index (χ1v) is 8.64. The number of carbonyl (C=O) groups is 3. The van der Waals surface area contributed by atoms with E-state index in [-0.39, 0.29) is 36.7 Å². The standard InChI is InChI=1S/C20H27NO4/c1-12-9-15(20(4,5)6)10-13(2)16(12)11-25-19(24)14(3)21-17(22)7-8-18(21)23/h9-10,14H,7-8,11H2,1-6H3/t14-/m1/s1. The molecule has 0 radical (unpaired) electrons. The number of ether oxygens (including phenoxy) is 1. The van der Waals surface area contributed by atoms with Gasteiger partial charge in [0.05, 0.1) is 0 Å². The summed E-state index contributed by atoms with van der Waals surface area (Å²) in [5.41, 5.74) is 4.39. The van der Waals surface area contributed by atoms with Crippen LogP contribution in [0.5, 0.6) is 0 Å². The van der Waals surface area contributed by atoms with Crippen molar-refractivity contribution >= 4 is 17.8 Å². The predicted molar refractivity (Wildman–Crippen MR) is 95.0 cm³/mol. The number of likely N-dealkylation sites (tertiary alicyclic amines) is 1. The summed E-state index contributed by atoms with van der Waals surface area (Å²) in [6, 6.07) is 3.36. The van der Waals surface area contributed by atoms with Crippen LogP contribution in [0.1, 0.15) is 62.8 Å². The van der Waals surface area contributed by atoms with Crippen molar-refractivity contribution in [3.05, 3.63) is 34.4 Å². The third-order valence-electron chi connectivity index (χ3n) is 4.74. The monoisotopic (exact) mass is 345 g/mol. The minimum Gasteiger partial charge on any atom is -0.459 e. The van der Waals surface area contributed by atoms with Crippen LogP contribution in [0.2, 0.25) is 0 Å². The molecule has 0 aliphatic carbocycles. The first kappa shape index (κ1) is 19.2. The first-order chi connectivity index (χ1) is 11.5. The van der Waals surface area contributed by atoms with Crippen LogP contribution in [-0.2, 0) is 31.1 Å². The Morgan fingerprint density at radius 2 is 1.60 bits per heavy atom. The summed E-state index contributed by atoms with van der Waals surface area (Å²) in [6.07, 6.45) is 0.339. The van der Waals surface area contributed by atoms with Crippen LogP contribution in [0.15, 0.2) is 12.1 Å². The maximum absolute atomic E-state index is 12.3. The van der Waals surface area contributed by atoms with E-state index in [1.54, 1.807) is 0 Å². The van der Waals surface area contributed by atoms with Gasteiger partial charge in [-0.15, -0.1) is 0 Å². The van der Waals surface area contributed by atoms with Gasteiger partial charge in [0, 0.05) is 12.8 Å². The molecule has 1 aromatic rings. The minimum absolute atomic E-state index is 0.0513. The quantitative estimate of drug-likeness (QED) is 0.621. The third kappa shape index (κ3) is 4.09. The van der Waals surface area contributed by atoms with Crippen LogP contribution >= 0.6 is 0 Å². The fourth-order valence-corrected chi connectivity index (χ4v) is 3.05. The summed E-state index contributed by atoms with van der Waals surface area (Å²) in [5, 5.41) is 0. The predicted octanol–water partition coefficient (Wildman–Crippen LogP) is 3.18. The van der Waals surface area contributed by atoms with Crippen LogP contribution in [0.3, 0.4) is 0 Å². The SMILES string of the molecule is Cc1cc(C(C)(C)C)cc(C)c1COC(=O)[C@@H](C)N1C(=O)CCC1=O. The number of esters is 1. The van der Waals surface area contributed by atoms with Gasteiger partial charge in [-0.2, -0.15) is 0 Å². The minimum atomic E-state index is -0.878. The lowest BCUT2D eigenvalue weighted by molar-refractivity contribution is -0.158. The molecule has 1 heterocycles. The number of hydrogen-bond acceptors (Lipinski definition) is 4. The van der Waals surface area contributed by atoms with E-state index >= 15 is 0 Å². The average molecular weight is 345 g/mol. The van der Waals surface area contributed by atoms with E-state index < -0.39 is 12.0 Å². The molecule has 5 nitrogen and oxygen atoms in total. The molecule has 0 unspecified atom stereocenters. The maximum atomic E-state index is 12.3. The van der Waals surface area contributed by atoms with Gasteiger partial charge < -0.3 is 4.74 Å². The number of benzene rings is 1. The van der Waals surface area contributed by atoms with Gasteiger partial charge in [0.2, 0.25) is 11.8 Å². The molecule has 136 valence electrons. The Bertz CT molecular complexity index is 676. The van der Waals surface area contributed by atoms with E-state index in [1.807, 2.05) is 13.8 Å². The molecule has 0 bridgehead atoms. The van der Waals surface area contributed by atoms with Crippen molar-refractivity contribution < 1.29 is 19.1 Å². The molecule has 5 heteroatoms. The number of aryl methyl sites for hydroxylation is 2. The zero-order valence-corrected chi connectivity index (χ0v) is 15.9. The zero-order valence-electron chi connectivity index (χ0n) is 15.9. The fourth-order valence-electron chi connectivity index (χ4n) is 3.05. The first-order valence-electron chi connectivity index (χ1n) is 8.64. The van der Waals surface area contributed by atoms with Crippen molar-refractivity contribution in [3.8, 4) is 0 Å². The smallest absolute Gasteiger partial charge is 0.329 e. The van der Waals surface area contributed by atoms with Crippen LogP contribution < -0.4 is 0 Å². The Labute approximate surface area is 149 Å². The van der Waals surface area contributed by atoms with E-state index in [2.05, 4.69) is 32.9 Å². The molecule has 0 N–H and O–H groups in total. The molecule has 0 spiro atoms. The Balaban J connectivity index is 2.09. The van der Waals surface area contributed by atoms with Gasteiger partial charge in [-0.05, 0) is 48.4 Å². The summed E-state index contributed by atoms with van der Waals surface area (Å²) in [5.74, 6) is -1.17. The highest BCUT2D eigenvalue weighted by Crippen LogP contribution is 2.27. The number of imide groups is 1. The normalized spacial score (nSPS) is 16.3. The van der Waals surface area contributed by atoms with Gasteiger partial charge in [0.1, 0.15) is 12.6 Å². The Hall–Kier alpha value is -2.17. The second-order valence-corrected chi connectivity index (χ2v) is 7.78. The number of hydrogen-bond donors (Lipinski definition) is 0. The second-order valence-electron chi connectivity index (χ2n) is 7.78. The van der Waals surface area contributed by atoms with Gasteiger partial charge >= 0.3 is 5.97 Å². The molecular weight excluding hydrogens is 318 g/mol. The summed E-state index contributed by atoms with van der Waals surface area (Å²) in [6.45, 7) is 12.2. The summed E-state index contributed by atoms with van der Waals surface area (Å²) in [4.78, 5) is 36.8. The van der Waals surface area contributed by atoms with Gasteiger partial charge in [-0.3, -0.25) is 14.5 Å². The summed E-state index contributed by atoms with van der Waals surface area (Å²) < 4.78 is 5.40. The molecule has 1 fully saturated rings. The largest absolute Gasteiger partial charge is 0.459 e. The average Bonchev–Trinajstić information content (AvgIpc) is 2.83. The number of amides is 2. The molecule has 1 atom stereocenters. The number of carbonyl (C=O) groups excluding carboxylic acids is 3. The molecule has 1 aromatic carbocycles. The van der Waals surface area contributed by atoms with Gasteiger partial charge in [0.25, 0.3) is 0 Å². The van der Waals surface area contributed by atoms with E-state index in [0.29, 0.717) is 0 Å². The highest BCUT2D eigenvalue weighted by molar-refractivity contribution is 6.04. The van der Waals surface area contributed by atoms with Crippen LogP contribution in [0.25, 0.3) is 0 Å². The van der Waals surface area contributed by atoms with Crippen molar-refractivity contribution in [1.82, 2.24) is 4.90 Å². The van der Waals surface area contributed by atoms with Crippen LogP contribution in [0, 0.1) is 13.8 Å². The summed E-state index contributed by atoms with van der Waals surface area (Å²) in [7, 11) is 0. The topological polar surface area (TPSA) is 63.7 Å². The van der Waals surface area contributed by atoms with E-state index in [9.17, 15) is 14.4 Å². The van der Waals surface area contributed by atoms with Crippen molar-refractivity contribution in [2.45, 2.75) is 72.4 Å². The Morgan fingerprint density at radius 1 is 1.12 bits per heavy atom. The van der Waals surface area contributed by atoms with Crippen molar-refractivity contribution in [2.24, 2.45) is 0 Å². The molecule has 2 rings (SSSR count). The lowest BCUT2D eigenvalue weighted by atomic mass is 9.84. The molecule has 2 amide bonds. The highest BCUT2D eigenvalue weighted by atomic mass is 16.5. The second kappa shape index (κ2) is 6.98. The highest BCUT2D eigenvalue weighted by Gasteiger charge is 2.37. The molecule has 1 aliphatic rings. The number of rotatable bonds is 4. The fraction of sp³-hybridized carbons (Fsp3) is 0.550. The zero-order chi connectivity index (χ0) is 18.9. The van der Waals surface area contributed by atoms with E-state index in [1.165, 1.54) is 12.5 Å². The molecular formula is C20H27NO4. The summed E-state index contributed by atoms with van der Waals surface area (Å²) >= 11 is 0. The van der Waals surface area contributed by atoms with Crippen molar-refractivity contribution in [2.75, 3.05) is 0 Å². The lowest BCUT2D eigenvalue weighted by Crippen LogP contribution is -2.43. The Kier molecular flexibility index (Phi) is 5.35. The maximum Gasteiger partial charge on any atom is 0.329 e. The van der Waals surface area contributed by atoms with Crippen LogP contribution in [-0.4, -0.2) is 28.7 Å². The van der Waals surface area contributed by atoms with Gasteiger partial charge in [0.15, 0.2) is 0 Å². The van der Waals surface area contributed by atoms with E-state index in [4.69, 9.17) is 4.74 Å². The molecule has 1 saturated heterocycles. The lowest BCUT2D eigenvalue weighted by Gasteiger charge is -2.23. The van der Waals surface area contributed by atoms with Crippen molar-refractivity contribution in [3.63, 3.8) is 0 Å². The van der Waals surface area contributed by atoms with Crippen LogP contribution in [0.4, 0.5) is 0 Å². The molecule has 0 aromatic heterocycles. The molecule has 1 aliphatic heterocycles. The Morgan fingerprint density at radius 3 is 2.04 bits per heavy atom. The third-order valence-corrected chi connectivity index (χ3v) is 4.74. The van der Waals surface area contributed by atoms with Gasteiger partial charge in [-0.1, -0.05) is 32.9 Å². The van der Waals surface area contributed by atoms with Gasteiger partial charge in [-0.25, -0.2) is 4.79 Å². The van der Waals surface area contributed by atoms with Crippen molar-refractivity contribution in [1.29, 1.82) is 0 Å². The van der Waals surface area contributed by atoms with E-state index in [0.717, 1.165) is 21.6 Å². The molecule has 0 saturated carbocycles. The number of nitrogens with zero attached hydrogens (tertiary/aromatic N) is 1.